The van der Waals surface area contributed by atoms with Gasteiger partial charge < -0.3 is 19.4 Å². The van der Waals surface area contributed by atoms with Crippen molar-refractivity contribution in [1.82, 2.24) is 9.97 Å². The average Bonchev–Trinajstić information content (AvgIpc) is 3.35. The van der Waals surface area contributed by atoms with E-state index in [9.17, 15) is 14.4 Å². The third kappa shape index (κ3) is 5.12. The fourth-order valence-electron chi connectivity index (χ4n) is 3.10. The third-order valence-corrected chi connectivity index (χ3v) is 4.95. The van der Waals surface area contributed by atoms with Gasteiger partial charge in [-0.3, -0.25) is 4.79 Å². The van der Waals surface area contributed by atoms with E-state index < -0.39 is 5.97 Å². The average molecular weight is 475 g/mol. The zero-order valence-corrected chi connectivity index (χ0v) is 18.8. The van der Waals surface area contributed by atoms with E-state index in [1.165, 1.54) is 0 Å². The standard InChI is InChI=1S/C12H10ClNO3.C11H10ClNO2/c1-2-17-12(16)11-9(6-15)8-4-3-7(13)5-10(8)14-11;1-2-15-11(14)10-5-7-3-4-8(12)6-9(7)13-10/h3-6,14H,2H2,1H3;3-6,13H,2H2,1H3. The van der Waals surface area contributed by atoms with Gasteiger partial charge in [-0.1, -0.05) is 35.3 Å². The van der Waals surface area contributed by atoms with Crippen molar-refractivity contribution in [2.45, 2.75) is 13.8 Å². The van der Waals surface area contributed by atoms with Crippen LogP contribution in [0, 0.1) is 0 Å². The van der Waals surface area contributed by atoms with Crippen LogP contribution in [0.25, 0.3) is 21.8 Å². The predicted molar refractivity (Wildman–Crippen MR) is 124 cm³/mol. The summed E-state index contributed by atoms with van der Waals surface area (Å²) in [6, 6.07) is 12.2. The highest BCUT2D eigenvalue weighted by Crippen LogP contribution is 2.24. The second-order valence-corrected chi connectivity index (χ2v) is 7.45. The molecule has 4 rings (SSSR count). The number of benzene rings is 2. The maximum absolute atomic E-state index is 11.6. The molecule has 0 radical (unpaired) electrons. The minimum absolute atomic E-state index is 0.166. The molecule has 0 amide bonds. The van der Waals surface area contributed by atoms with Crippen LogP contribution in [0.1, 0.15) is 45.2 Å². The summed E-state index contributed by atoms with van der Waals surface area (Å²) in [5.74, 6) is -0.883. The zero-order chi connectivity index (χ0) is 23.3. The number of halogens is 2. The number of hydrogen-bond acceptors (Lipinski definition) is 5. The summed E-state index contributed by atoms with van der Waals surface area (Å²) < 4.78 is 9.75. The van der Waals surface area contributed by atoms with Gasteiger partial charge in [-0.15, -0.1) is 0 Å². The Labute approximate surface area is 193 Å². The van der Waals surface area contributed by atoms with Crippen molar-refractivity contribution in [3.05, 3.63) is 69.5 Å². The molecular formula is C23H20Cl2N2O5. The maximum atomic E-state index is 11.6. The molecule has 0 saturated heterocycles. The number of aromatic nitrogens is 2. The van der Waals surface area contributed by atoms with Crippen LogP contribution in [0.15, 0.2) is 42.5 Å². The van der Waals surface area contributed by atoms with E-state index in [1.54, 1.807) is 50.2 Å². The number of rotatable bonds is 5. The van der Waals surface area contributed by atoms with Gasteiger partial charge in [0.1, 0.15) is 11.4 Å². The summed E-state index contributed by atoms with van der Waals surface area (Å²) in [4.78, 5) is 39.9. The predicted octanol–water partition coefficient (Wildman–Crippen LogP) is 5.81. The fourth-order valence-corrected chi connectivity index (χ4v) is 3.44. The number of fused-ring (bicyclic) bond motifs is 2. The molecule has 32 heavy (non-hydrogen) atoms. The van der Waals surface area contributed by atoms with Gasteiger partial charge >= 0.3 is 11.9 Å². The molecular weight excluding hydrogens is 455 g/mol. The molecule has 0 unspecified atom stereocenters. The first-order valence-electron chi connectivity index (χ1n) is 9.76. The number of H-pyrrole nitrogens is 2. The van der Waals surface area contributed by atoms with E-state index in [2.05, 4.69) is 9.97 Å². The number of ether oxygens (including phenoxy) is 2. The monoisotopic (exact) mass is 474 g/mol. The summed E-state index contributed by atoms with van der Waals surface area (Å²) in [6.45, 7) is 4.11. The highest BCUT2D eigenvalue weighted by molar-refractivity contribution is 6.31. The normalized spacial score (nSPS) is 10.5. The number of esters is 2. The summed E-state index contributed by atoms with van der Waals surface area (Å²) in [5, 5.41) is 2.78. The Morgan fingerprint density at radius 3 is 2.16 bits per heavy atom. The van der Waals surface area contributed by atoms with Crippen molar-refractivity contribution < 1.29 is 23.9 Å². The first kappa shape index (κ1) is 23.4. The lowest BCUT2D eigenvalue weighted by molar-refractivity contribution is 0.0510. The fraction of sp³-hybridized carbons (Fsp3) is 0.174. The van der Waals surface area contributed by atoms with E-state index in [-0.39, 0.29) is 18.3 Å². The SMILES string of the molecule is CCOC(=O)c1[nH]c2cc(Cl)ccc2c1C=O.CCOC(=O)c1cc2ccc(Cl)cc2[nH]1. The van der Waals surface area contributed by atoms with Crippen LogP contribution >= 0.6 is 23.2 Å². The molecule has 0 aliphatic rings. The van der Waals surface area contributed by atoms with Crippen molar-refractivity contribution >= 4 is 63.2 Å². The van der Waals surface area contributed by atoms with Crippen LogP contribution in [0.3, 0.4) is 0 Å². The zero-order valence-electron chi connectivity index (χ0n) is 17.3. The van der Waals surface area contributed by atoms with Gasteiger partial charge in [-0.25, -0.2) is 9.59 Å². The summed E-state index contributed by atoms with van der Waals surface area (Å²) in [6.07, 6.45) is 0.638. The number of aldehydes is 1. The van der Waals surface area contributed by atoms with Crippen molar-refractivity contribution in [3.63, 3.8) is 0 Å². The first-order valence-corrected chi connectivity index (χ1v) is 10.5. The molecule has 2 aromatic carbocycles. The second kappa shape index (κ2) is 10.3. The highest BCUT2D eigenvalue weighted by atomic mass is 35.5. The second-order valence-electron chi connectivity index (χ2n) is 6.58. The van der Waals surface area contributed by atoms with Gasteiger partial charge in [0.2, 0.25) is 0 Å². The van der Waals surface area contributed by atoms with Gasteiger partial charge in [0.05, 0.1) is 18.8 Å². The van der Waals surface area contributed by atoms with E-state index in [1.807, 2.05) is 6.07 Å². The maximum Gasteiger partial charge on any atom is 0.355 e. The Morgan fingerprint density at radius 1 is 0.875 bits per heavy atom. The summed E-state index contributed by atoms with van der Waals surface area (Å²) >= 11 is 11.7. The molecule has 2 aromatic heterocycles. The quantitative estimate of drug-likeness (QED) is 0.280. The van der Waals surface area contributed by atoms with Crippen LogP contribution in [0.5, 0.6) is 0 Å². The number of carbonyl (C=O) groups excluding carboxylic acids is 3. The van der Waals surface area contributed by atoms with E-state index in [0.717, 1.165) is 10.9 Å². The highest BCUT2D eigenvalue weighted by Gasteiger charge is 2.18. The van der Waals surface area contributed by atoms with E-state index in [0.29, 0.717) is 45.1 Å². The lowest BCUT2D eigenvalue weighted by Crippen LogP contribution is -2.07. The number of carbonyl (C=O) groups is 3. The molecule has 0 atom stereocenters. The van der Waals surface area contributed by atoms with Crippen LogP contribution in [-0.2, 0) is 9.47 Å². The minimum atomic E-state index is -0.540. The molecule has 0 spiro atoms. The molecule has 2 N–H and O–H groups in total. The lowest BCUT2D eigenvalue weighted by Gasteiger charge is -1.98. The van der Waals surface area contributed by atoms with Crippen LogP contribution < -0.4 is 0 Å². The molecule has 0 aliphatic carbocycles. The van der Waals surface area contributed by atoms with Crippen molar-refractivity contribution in [2.75, 3.05) is 13.2 Å². The molecule has 166 valence electrons. The first-order chi connectivity index (χ1) is 15.4. The Bertz CT molecular complexity index is 1290. The van der Waals surface area contributed by atoms with Gasteiger partial charge in [0, 0.05) is 31.9 Å². The van der Waals surface area contributed by atoms with Crippen molar-refractivity contribution in [2.24, 2.45) is 0 Å². The van der Waals surface area contributed by atoms with Gasteiger partial charge in [-0.05, 0) is 44.2 Å². The van der Waals surface area contributed by atoms with E-state index >= 15 is 0 Å². The third-order valence-electron chi connectivity index (χ3n) is 4.48. The Hall–Kier alpha value is -3.29. The molecule has 9 heteroatoms. The molecule has 4 aromatic rings. The minimum Gasteiger partial charge on any atom is -0.461 e. The Morgan fingerprint density at radius 2 is 1.50 bits per heavy atom. The van der Waals surface area contributed by atoms with Gasteiger partial charge in [-0.2, -0.15) is 0 Å². The number of nitrogens with one attached hydrogen (secondary N) is 2. The van der Waals surface area contributed by atoms with E-state index in [4.69, 9.17) is 32.7 Å². The lowest BCUT2D eigenvalue weighted by atomic mass is 10.1. The Kier molecular flexibility index (Phi) is 7.56. The smallest absolute Gasteiger partial charge is 0.355 e. The molecule has 0 fully saturated rings. The van der Waals surface area contributed by atoms with Crippen molar-refractivity contribution in [3.8, 4) is 0 Å². The van der Waals surface area contributed by atoms with Crippen molar-refractivity contribution in [1.29, 1.82) is 0 Å². The molecule has 7 nitrogen and oxygen atoms in total. The molecule has 0 aliphatic heterocycles. The van der Waals surface area contributed by atoms with Crippen LogP contribution in [0.2, 0.25) is 10.0 Å². The molecule has 0 bridgehead atoms. The molecule has 0 saturated carbocycles. The van der Waals surface area contributed by atoms with Crippen LogP contribution in [-0.4, -0.2) is 41.4 Å². The Balaban J connectivity index is 0.000000182. The summed E-state index contributed by atoms with van der Waals surface area (Å²) in [7, 11) is 0. The van der Waals surface area contributed by atoms with Gasteiger partial charge in [0.25, 0.3) is 0 Å². The van der Waals surface area contributed by atoms with Crippen LogP contribution in [0.4, 0.5) is 0 Å². The topological polar surface area (TPSA) is 101 Å². The number of aromatic amines is 2. The largest absolute Gasteiger partial charge is 0.461 e. The molecule has 2 heterocycles. The van der Waals surface area contributed by atoms with Gasteiger partial charge in [0.15, 0.2) is 6.29 Å². The summed E-state index contributed by atoms with van der Waals surface area (Å²) in [5.41, 5.74) is 2.40. The number of hydrogen-bond donors (Lipinski definition) is 2.